The second kappa shape index (κ2) is 9.37. The predicted octanol–water partition coefficient (Wildman–Crippen LogP) is 5.96. The first kappa shape index (κ1) is 23.0. The van der Waals surface area contributed by atoms with Gasteiger partial charge in [0.1, 0.15) is 11.4 Å². The van der Waals surface area contributed by atoms with Crippen LogP contribution < -0.4 is 9.64 Å². The molecule has 0 saturated heterocycles. The van der Waals surface area contributed by atoms with Crippen LogP contribution in [0.5, 0.6) is 5.75 Å². The molecule has 1 N–H and O–H groups in total. The smallest absolute Gasteiger partial charge is 0.415 e. The zero-order chi connectivity index (χ0) is 23.6. The molecule has 8 heteroatoms. The summed E-state index contributed by atoms with van der Waals surface area (Å²) >= 11 is 0. The third-order valence-corrected chi connectivity index (χ3v) is 5.86. The van der Waals surface area contributed by atoms with Crippen LogP contribution in [0.1, 0.15) is 65.0 Å². The fourth-order valence-corrected chi connectivity index (χ4v) is 4.26. The maximum atomic E-state index is 13.9. The van der Waals surface area contributed by atoms with Gasteiger partial charge in [0.25, 0.3) is 0 Å². The van der Waals surface area contributed by atoms with Crippen molar-refractivity contribution in [1.29, 1.82) is 0 Å². The summed E-state index contributed by atoms with van der Waals surface area (Å²) in [6.45, 7) is 7.86. The molecular formula is C25H31FN4O3. The summed E-state index contributed by atoms with van der Waals surface area (Å²) < 4.78 is 25.4. The SMILES string of the molecule is CCN(C(=O)OC(C)(C)C)c1cc2c(cn1)[nH]nc2[C@H]1CC[C@@H](Oc2ccccc2F)CC1. The zero-order valence-electron chi connectivity index (χ0n) is 19.6. The Morgan fingerprint density at radius 3 is 2.61 bits per heavy atom. The van der Waals surface area contributed by atoms with Gasteiger partial charge in [-0.2, -0.15) is 5.10 Å². The van der Waals surface area contributed by atoms with Crippen molar-refractivity contribution in [1.82, 2.24) is 15.2 Å². The average molecular weight is 455 g/mol. The first-order valence-corrected chi connectivity index (χ1v) is 11.5. The van der Waals surface area contributed by atoms with E-state index >= 15 is 0 Å². The van der Waals surface area contributed by atoms with E-state index in [1.54, 1.807) is 24.4 Å². The van der Waals surface area contributed by atoms with Crippen molar-refractivity contribution in [2.45, 2.75) is 71.0 Å². The molecule has 176 valence electrons. The number of rotatable bonds is 5. The van der Waals surface area contributed by atoms with Crippen molar-refractivity contribution in [3.8, 4) is 5.75 Å². The van der Waals surface area contributed by atoms with Crippen molar-refractivity contribution in [3.63, 3.8) is 0 Å². The fourth-order valence-electron chi connectivity index (χ4n) is 4.26. The molecule has 1 amide bonds. The molecule has 3 aromatic rings. The number of amides is 1. The molecule has 1 aromatic carbocycles. The molecule has 1 aliphatic rings. The van der Waals surface area contributed by atoms with E-state index in [1.165, 1.54) is 11.0 Å². The number of benzene rings is 1. The van der Waals surface area contributed by atoms with E-state index in [0.29, 0.717) is 18.1 Å². The van der Waals surface area contributed by atoms with Gasteiger partial charge < -0.3 is 9.47 Å². The maximum absolute atomic E-state index is 13.9. The van der Waals surface area contributed by atoms with E-state index in [9.17, 15) is 9.18 Å². The van der Waals surface area contributed by atoms with E-state index in [1.807, 2.05) is 33.8 Å². The molecule has 0 radical (unpaired) electrons. The minimum absolute atomic E-state index is 0.0108. The highest BCUT2D eigenvalue weighted by molar-refractivity contribution is 5.91. The summed E-state index contributed by atoms with van der Waals surface area (Å²) in [5, 5.41) is 8.60. The number of pyridine rings is 1. The summed E-state index contributed by atoms with van der Waals surface area (Å²) in [4.78, 5) is 18.6. The molecule has 4 rings (SSSR count). The number of para-hydroxylation sites is 1. The second-order valence-electron chi connectivity index (χ2n) is 9.44. The molecule has 0 spiro atoms. The summed E-state index contributed by atoms with van der Waals surface area (Å²) in [5.74, 6) is 0.775. The molecule has 1 saturated carbocycles. The first-order valence-electron chi connectivity index (χ1n) is 11.5. The van der Waals surface area contributed by atoms with Crippen LogP contribution in [0.4, 0.5) is 15.0 Å². The summed E-state index contributed by atoms with van der Waals surface area (Å²) in [5.41, 5.74) is 1.22. The summed E-state index contributed by atoms with van der Waals surface area (Å²) in [6.07, 6.45) is 4.70. The topological polar surface area (TPSA) is 80.3 Å². The molecule has 33 heavy (non-hydrogen) atoms. The molecule has 1 fully saturated rings. The molecule has 1 aliphatic carbocycles. The van der Waals surface area contributed by atoms with Gasteiger partial charge in [-0.1, -0.05) is 12.1 Å². The summed E-state index contributed by atoms with van der Waals surface area (Å²) in [6, 6.07) is 8.43. The van der Waals surface area contributed by atoms with Crippen molar-refractivity contribution in [3.05, 3.63) is 48.0 Å². The predicted molar refractivity (Wildman–Crippen MR) is 125 cm³/mol. The Hall–Kier alpha value is -3.16. The van der Waals surface area contributed by atoms with Gasteiger partial charge >= 0.3 is 6.09 Å². The maximum Gasteiger partial charge on any atom is 0.415 e. The lowest BCUT2D eigenvalue weighted by Crippen LogP contribution is -2.37. The Morgan fingerprint density at radius 2 is 1.94 bits per heavy atom. The summed E-state index contributed by atoms with van der Waals surface area (Å²) in [7, 11) is 0. The number of carbonyl (C=O) groups excluding carboxylic acids is 1. The van der Waals surface area contributed by atoms with Crippen molar-refractivity contribution in [2.24, 2.45) is 0 Å². The molecule has 0 bridgehead atoms. The van der Waals surface area contributed by atoms with Gasteiger partial charge in [-0.15, -0.1) is 0 Å². The second-order valence-corrected chi connectivity index (χ2v) is 9.44. The number of anilines is 1. The number of carbonyl (C=O) groups is 1. The van der Waals surface area contributed by atoms with Gasteiger partial charge in [0.2, 0.25) is 0 Å². The molecule has 0 unspecified atom stereocenters. The third-order valence-electron chi connectivity index (χ3n) is 5.86. The molecule has 0 atom stereocenters. The quantitative estimate of drug-likeness (QED) is 0.514. The van der Waals surface area contributed by atoms with Crippen LogP contribution in [-0.4, -0.2) is 39.5 Å². The van der Waals surface area contributed by atoms with Gasteiger partial charge in [0, 0.05) is 17.8 Å². The molecule has 0 aliphatic heterocycles. The standard InChI is InChI=1S/C25H31FN4O3/c1-5-30(24(31)33-25(2,3)4)22-14-18-20(15-27-22)28-29-23(18)16-10-12-17(13-11-16)32-21-9-7-6-8-19(21)26/h6-9,14-17H,5,10-13H2,1-4H3,(H,28,29)/t16-,17+. The van der Waals surface area contributed by atoms with Crippen LogP contribution in [0.2, 0.25) is 0 Å². The fraction of sp³-hybridized carbons (Fsp3) is 0.480. The molecule has 7 nitrogen and oxygen atoms in total. The monoisotopic (exact) mass is 454 g/mol. The van der Waals surface area contributed by atoms with Crippen LogP contribution >= 0.6 is 0 Å². The Morgan fingerprint density at radius 1 is 1.21 bits per heavy atom. The number of hydrogen-bond acceptors (Lipinski definition) is 5. The van der Waals surface area contributed by atoms with Crippen molar-refractivity contribution >= 4 is 22.8 Å². The lowest BCUT2D eigenvalue weighted by Gasteiger charge is -2.28. The van der Waals surface area contributed by atoms with Crippen molar-refractivity contribution < 1.29 is 18.7 Å². The lowest BCUT2D eigenvalue weighted by atomic mass is 9.84. The Bertz CT molecular complexity index is 1120. The Balaban J connectivity index is 1.49. The van der Waals surface area contributed by atoms with Gasteiger partial charge in [-0.05, 0) is 71.6 Å². The highest BCUT2D eigenvalue weighted by atomic mass is 19.1. The van der Waals surface area contributed by atoms with E-state index in [2.05, 4.69) is 15.2 Å². The highest BCUT2D eigenvalue weighted by Crippen LogP contribution is 2.37. The van der Waals surface area contributed by atoms with E-state index in [-0.39, 0.29) is 17.8 Å². The van der Waals surface area contributed by atoms with Crippen LogP contribution in [0, 0.1) is 5.82 Å². The van der Waals surface area contributed by atoms with Gasteiger partial charge in [-0.3, -0.25) is 10.00 Å². The number of fused-ring (bicyclic) bond motifs is 1. The first-order chi connectivity index (χ1) is 15.7. The molecule has 2 aromatic heterocycles. The van der Waals surface area contributed by atoms with Crippen molar-refractivity contribution in [2.75, 3.05) is 11.4 Å². The Kier molecular flexibility index (Phi) is 6.54. The molecule has 2 heterocycles. The minimum Gasteiger partial charge on any atom is -0.487 e. The number of aromatic nitrogens is 3. The number of nitrogens with one attached hydrogen (secondary N) is 1. The third kappa shape index (κ3) is 5.26. The van der Waals surface area contributed by atoms with Crippen LogP contribution in [0.15, 0.2) is 36.5 Å². The number of hydrogen-bond donors (Lipinski definition) is 1. The number of H-pyrrole nitrogens is 1. The largest absolute Gasteiger partial charge is 0.487 e. The van der Waals surface area contributed by atoms with Gasteiger partial charge in [0.15, 0.2) is 11.6 Å². The minimum atomic E-state index is -0.585. The van der Waals surface area contributed by atoms with E-state index in [0.717, 1.165) is 42.3 Å². The van der Waals surface area contributed by atoms with E-state index < -0.39 is 11.7 Å². The zero-order valence-corrected chi connectivity index (χ0v) is 19.6. The number of aromatic amines is 1. The highest BCUT2D eigenvalue weighted by Gasteiger charge is 2.28. The number of halogens is 1. The van der Waals surface area contributed by atoms with Crippen LogP contribution in [-0.2, 0) is 4.74 Å². The van der Waals surface area contributed by atoms with Gasteiger partial charge in [0.05, 0.1) is 23.5 Å². The molecular weight excluding hydrogens is 423 g/mol. The average Bonchev–Trinajstić information content (AvgIpc) is 3.18. The van der Waals surface area contributed by atoms with Gasteiger partial charge in [-0.25, -0.2) is 14.2 Å². The normalized spacial score (nSPS) is 18.8. The number of ether oxygens (including phenoxy) is 2. The number of nitrogens with zero attached hydrogens (tertiary/aromatic N) is 3. The van der Waals surface area contributed by atoms with Crippen LogP contribution in [0.3, 0.4) is 0 Å². The lowest BCUT2D eigenvalue weighted by molar-refractivity contribution is 0.0581. The van der Waals surface area contributed by atoms with Crippen LogP contribution in [0.25, 0.3) is 10.9 Å². The Labute approximate surface area is 193 Å². The van der Waals surface area contributed by atoms with E-state index in [4.69, 9.17) is 9.47 Å².